The summed E-state index contributed by atoms with van der Waals surface area (Å²) < 4.78 is 0. The zero-order chi connectivity index (χ0) is 13.5. The molecule has 0 bridgehead atoms. The molecule has 0 saturated heterocycles. The second kappa shape index (κ2) is 7.65. The normalized spacial score (nSPS) is 12.9. The Balaban J connectivity index is 2.81. The van der Waals surface area contributed by atoms with Crippen molar-refractivity contribution in [3.8, 4) is 5.75 Å². The summed E-state index contributed by atoms with van der Waals surface area (Å²) in [5.41, 5.74) is 0.843. The van der Waals surface area contributed by atoms with E-state index in [-0.39, 0.29) is 0 Å². The lowest BCUT2D eigenvalue weighted by Gasteiger charge is -2.29. The van der Waals surface area contributed by atoms with Crippen molar-refractivity contribution in [2.75, 3.05) is 6.54 Å². The van der Waals surface area contributed by atoms with Crippen molar-refractivity contribution in [2.24, 2.45) is 0 Å². The topological polar surface area (TPSA) is 23.5 Å². The molecular formula is C15H24ClNO. The van der Waals surface area contributed by atoms with Gasteiger partial charge in [-0.1, -0.05) is 37.9 Å². The third-order valence-corrected chi connectivity index (χ3v) is 3.82. The summed E-state index contributed by atoms with van der Waals surface area (Å²) in [6.45, 7) is 8.39. The number of phenols is 1. The molecule has 1 aromatic rings. The highest BCUT2D eigenvalue weighted by atomic mass is 35.5. The Morgan fingerprint density at radius 2 is 2.06 bits per heavy atom. The monoisotopic (exact) mass is 269 g/mol. The van der Waals surface area contributed by atoms with E-state index in [1.807, 2.05) is 6.07 Å². The number of rotatable bonds is 7. The van der Waals surface area contributed by atoms with Gasteiger partial charge in [-0.05, 0) is 38.4 Å². The maximum absolute atomic E-state index is 9.91. The fourth-order valence-electron chi connectivity index (χ4n) is 1.98. The predicted molar refractivity (Wildman–Crippen MR) is 78.2 cm³/mol. The van der Waals surface area contributed by atoms with Crippen molar-refractivity contribution < 1.29 is 5.11 Å². The molecule has 102 valence electrons. The fraction of sp³-hybridized carbons (Fsp3) is 0.600. The quantitative estimate of drug-likeness (QED) is 0.791. The molecule has 1 rings (SSSR count). The lowest BCUT2D eigenvalue weighted by Crippen LogP contribution is -2.33. The van der Waals surface area contributed by atoms with Crippen LogP contribution in [0.15, 0.2) is 18.2 Å². The molecule has 3 heteroatoms. The van der Waals surface area contributed by atoms with E-state index in [2.05, 4.69) is 25.7 Å². The zero-order valence-electron chi connectivity index (χ0n) is 11.6. The van der Waals surface area contributed by atoms with Crippen molar-refractivity contribution in [3.05, 3.63) is 28.8 Å². The summed E-state index contributed by atoms with van der Waals surface area (Å²) in [4.78, 5) is 2.39. The number of phenolic OH excluding ortho intramolecular Hbond substituents is 1. The number of hydrogen-bond donors (Lipinski definition) is 1. The molecule has 0 aromatic heterocycles. The number of aromatic hydroxyl groups is 1. The van der Waals surface area contributed by atoms with Crippen LogP contribution < -0.4 is 0 Å². The molecule has 0 aliphatic heterocycles. The Hall–Kier alpha value is -0.730. The highest BCUT2D eigenvalue weighted by Gasteiger charge is 2.15. The van der Waals surface area contributed by atoms with E-state index >= 15 is 0 Å². The summed E-state index contributed by atoms with van der Waals surface area (Å²) >= 11 is 6.17. The van der Waals surface area contributed by atoms with Gasteiger partial charge in [0.15, 0.2) is 0 Å². The van der Waals surface area contributed by atoms with Crippen molar-refractivity contribution in [1.82, 2.24) is 4.90 Å². The summed E-state index contributed by atoms with van der Waals surface area (Å²) in [6.07, 6.45) is 3.46. The van der Waals surface area contributed by atoms with Crippen molar-refractivity contribution in [1.29, 1.82) is 0 Å². The average Bonchev–Trinajstić information content (AvgIpc) is 2.36. The molecule has 18 heavy (non-hydrogen) atoms. The summed E-state index contributed by atoms with van der Waals surface area (Å²) in [7, 11) is 0. The lowest BCUT2D eigenvalue weighted by atomic mass is 10.1. The van der Waals surface area contributed by atoms with Gasteiger partial charge in [-0.2, -0.15) is 0 Å². The SMILES string of the molecule is CCCCN(Cc1c(O)cccc1Cl)C(C)CC. The van der Waals surface area contributed by atoms with Crippen LogP contribution in [0.4, 0.5) is 0 Å². The van der Waals surface area contributed by atoms with Crippen molar-refractivity contribution >= 4 is 11.6 Å². The molecule has 0 amide bonds. The van der Waals surface area contributed by atoms with Gasteiger partial charge < -0.3 is 5.11 Å². The maximum atomic E-state index is 9.91. The van der Waals surface area contributed by atoms with Crippen LogP contribution in [-0.4, -0.2) is 22.6 Å². The van der Waals surface area contributed by atoms with Crippen molar-refractivity contribution in [3.63, 3.8) is 0 Å². The Bertz CT molecular complexity index is 347. The second-order valence-corrected chi connectivity index (χ2v) is 5.23. The van der Waals surface area contributed by atoms with Crippen LogP contribution in [0.25, 0.3) is 0 Å². The van der Waals surface area contributed by atoms with Crippen LogP contribution in [-0.2, 0) is 6.54 Å². The largest absolute Gasteiger partial charge is 0.508 e. The Morgan fingerprint density at radius 1 is 1.33 bits per heavy atom. The molecule has 0 heterocycles. The first kappa shape index (κ1) is 15.3. The molecule has 0 aliphatic carbocycles. The summed E-state index contributed by atoms with van der Waals surface area (Å²) in [6, 6.07) is 5.83. The third kappa shape index (κ3) is 4.18. The molecule has 0 spiro atoms. The van der Waals surface area contributed by atoms with Gasteiger partial charge >= 0.3 is 0 Å². The first-order chi connectivity index (χ1) is 8.60. The van der Waals surface area contributed by atoms with E-state index in [1.165, 1.54) is 12.8 Å². The fourth-order valence-corrected chi connectivity index (χ4v) is 2.21. The molecule has 1 aromatic carbocycles. The average molecular weight is 270 g/mol. The molecule has 0 aliphatic rings. The minimum atomic E-state index is 0.298. The van der Waals surface area contributed by atoms with E-state index in [9.17, 15) is 5.11 Å². The highest BCUT2D eigenvalue weighted by Crippen LogP contribution is 2.27. The molecular weight excluding hydrogens is 246 g/mol. The van der Waals surface area contributed by atoms with Gasteiger partial charge in [0.2, 0.25) is 0 Å². The summed E-state index contributed by atoms with van der Waals surface area (Å²) in [5.74, 6) is 0.298. The number of nitrogens with zero attached hydrogens (tertiary/aromatic N) is 1. The third-order valence-electron chi connectivity index (χ3n) is 3.47. The van der Waals surface area contributed by atoms with Gasteiger partial charge in [-0.25, -0.2) is 0 Å². The first-order valence-electron chi connectivity index (χ1n) is 6.80. The molecule has 1 N–H and O–H groups in total. The van der Waals surface area contributed by atoms with Crippen LogP contribution in [0.2, 0.25) is 5.02 Å². The zero-order valence-corrected chi connectivity index (χ0v) is 12.4. The van der Waals surface area contributed by atoms with Gasteiger partial charge in [0.1, 0.15) is 5.75 Å². The Kier molecular flexibility index (Phi) is 6.51. The van der Waals surface area contributed by atoms with E-state index in [4.69, 9.17) is 11.6 Å². The number of hydrogen-bond acceptors (Lipinski definition) is 2. The molecule has 2 nitrogen and oxygen atoms in total. The van der Waals surface area contributed by atoms with Crippen LogP contribution in [0, 0.1) is 0 Å². The number of benzene rings is 1. The van der Waals surface area contributed by atoms with Crippen LogP contribution in [0.5, 0.6) is 5.75 Å². The molecule has 0 saturated carbocycles. The smallest absolute Gasteiger partial charge is 0.121 e. The number of halogens is 1. The second-order valence-electron chi connectivity index (χ2n) is 4.82. The van der Waals surface area contributed by atoms with Gasteiger partial charge in [0, 0.05) is 23.2 Å². The highest BCUT2D eigenvalue weighted by molar-refractivity contribution is 6.31. The van der Waals surface area contributed by atoms with Crippen LogP contribution in [0.1, 0.15) is 45.6 Å². The first-order valence-corrected chi connectivity index (χ1v) is 7.18. The van der Waals surface area contributed by atoms with Crippen molar-refractivity contribution in [2.45, 2.75) is 52.6 Å². The molecule has 0 fully saturated rings. The number of unbranched alkanes of at least 4 members (excludes halogenated alkanes) is 1. The predicted octanol–water partition coefficient (Wildman–Crippen LogP) is 4.45. The van der Waals surface area contributed by atoms with E-state index < -0.39 is 0 Å². The minimum absolute atomic E-state index is 0.298. The lowest BCUT2D eigenvalue weighted by molar-refractivity contribution is 0.190. The Morgan fingerprint density at radius 3 is 2.61 bits per heavy atom. The van der Waals surface area contributed by atoms with E-state index in [0.717, 1.165) is 25.1 Å². The summed E-state index contributed by atoms with van der Waals surface area (Å²) in [5, 5.41) is 10.6. The molecule has 1 unspecified atom stereocenters. The van der Waals surface area contributed by atoms with E-state index in [1.54, 1.807) is 12.1 Å². The Labute approximate surface area is 116 Å². The van der Waals surface area contributed by atoms with Crippen LogP contribution >= 0.6 is 11.6 Å². The van der Waals surface area contributed by atoms with Gasteiger partial charge in [0.05, 0.1) is 0 Å². The minimum Gasteiger partial charge on any atom is -0.508 e. The maximum Gasteiger partial charge on any atom is 0.121 e. The van der Waals surface area contributed by atoms with Gasteiger partial charge in [-0.3, -0.25) is 4.90 Å². The molecule has 0 radical (unpaired) electrons. The van der Waals surface area contributed by atoms with Gasteiger partial charge in [0.25, 0.3) is 0 Å². The van der Waals surface area contributed by atoms with Gasteiger partial charge in [-0.15, -0.1) is 0 Å². The molecule has 1 atom stereocenters. The standard InChI is InChI=1S/C15H24ClNO/c1-4-6-10-17(12(3)5-2)11-13-14(16)8-7-9-15(13)18/h7-9,12,18H,4-6,10-11H2,1-3H3. The van der Waals surface area contributed by atoms with Crippen LogP contribution in [0.3, 0.4) is 0 Å². The van der Waals surface area contributed by atoms with E-state index in [0.29, 0.717) is 16.8 Å².